The average Bonchev–Trinajstić information content (AvgIpc) is 2.26. The first kappa shape index (κ1) is 10.9. The lowest BCUT2D eigenvalue weighted by Gasteiger charge is -2.13. The van der Waals surface area contributed by atoms with Gasteiger partial charge in [0.15, 0.2) is 0 Å². The molecule has 1 aromatic rings. The predicted octanol–water partition coefficient (Wildman–Crippen LogP) is 1.02. The molecular weight excluding hydrogens is 180 g/mol. The van der Waals surface area contributed by atoms with Gasteiger partial charge in [0.1, 0.15) is 0 Å². The number of hydrogen-bond acceptors (Lipinski definition) is 4. The summed E-state index contributed by atoms with van der Waals surface area (Å²) >= 11 is 0. The van der Waals surface area contributed by atoms with Crippen molar-refractivity contribution in [3.8, 4) is 0 Å². The molecule has 0 saturated carbocycles. The molecule has 2 N–H and O–H groups in total. The van der Waals surface area contributed by atoms with Gasteiger partial charge in [-0.2, -0.15) is 0 Å². The molecule has 0 aliphatic carbocycles. The fraction of sp³-hybridized carbons (Fsp3) is 0.500. The van der Waals surface area contributed by atoms with Crippen LogP contribution in [0.4, 0.5) is 5.69 Å². The topological polar surface area (TPSA) is 54.4 Å². The molecule has 1 atom stereocenters. The first-order chi connectivity index (χ1) is 6.77. The summed E-state index contributed by atoms with van der Waals surface area (Å²) in [6.07, 6.45) is 3.51. The molecule has 0 aliphatic heterocycles. The number of pyridine rings is 1. The quantitative estimate of drug-likeness (QED) is 0.738. The third-order valence-corrected chi connectivity index (χ3v) is 2.06. The van der Waals surface area contributed by atoms with Crippen LogP contribution in [0.1, 0.15) is 12.5 Å². The summed E-state index contributed by atoms with van der Waals surface area (Å²) in [5.41, 5.74) is 1.71. The van der Waals surface area contributed by atoms with Crippen molar-refractivity contribution in [2.75, 3.05) is 19.0 Å². The molecule has 0 amide bonds. The molecule has 1 heterocycles. The van der Waals surface area contributed by atoms with E-state index in [9.17, 15) is 0 Å². The Hall–Kier alpha value is -1.13. The number of nitrogens with one attached hydrogen (secondary N) is 1. The minimum atomic E-state index is 0.0201. The minimum Gasteiger partial charge on any atom is -0.392 e. The van der Waals surface area contributed by atoms with Crippen LogP contribution in [0, 0.1) is 0 Å². The van der Waals surface area contributed by atoms with Gasteiger partial charge in [-0.05, 0) is 13.0 Å². The van der Waals surface area contributed by atoms with Crippen molar-refractivity contribution < 1.29 is 9.84 Å². The van der Waals surface area contributed by atoms with Crippen LogP contribution in [-0.2, 0) is 11.3 Å². The summed E-state index contributed by atoms with van der Waals surface area (Å²) in [5.74, 6) is 0. The second-order valence-electron chi connectivity index (χ2n) is 3.12. The van der Waals surface area contributed by atoms with E-state index in [2.05, 4.69) is 10.3 Å². The Kier molecular flexibility index (Phi) is 4.35. The zero-order valence-electron chi connectivity index (χ0n) is 8.53. The summed E-state index contributed by atoms with van der Waals surface area (Å²) in [6, 6.07) is 1.79. The van der Waals surface area contributed by atoms with Crippen molar-refractivity contribution >= 4 is 5.69 Å². The third-order valence-electron chi connectivity index (χ3n) is 2.06. The van der Waals surface area contributed by atoms with Gasteiger partial charge in [-0.15, -0.1) is 0 Å². The first-order valence-electron chi connectivity index (χ1n) is 4.58. The maximum Gasteiger partial charge on any atom is 0.0715 e. The van der Waals surface area contributed by atoms with E-state index in [4.69, 9.17) is 9.84 Å². The summed E-state index contributed by atoms with van der Waals surface area (Å²) in [4.78, 5) is 3.98. The molecule has 0 radical (unpaired) electrons. The van der Waals surface area contributed by atoms with E-state index in [1.165, 1.54) is 0 Å². The maximum absolute atomic E-state index is 9.04. The van der Waals surface area contributed by atoms with Gasteiger partial charge in [-0.1, -0.05) is 0 Å². The van der Waals surface area contributed by atoms with Gasteiger partial charge in [0, 0.05) is 25.4 Å². The van der Waals surface area contributed by atoms with Crippen LogP contribution in [0.2, 0.25) is 0 Å². The molecule has 0 saturated heterocycles. The fourth-order valence-electron chi connectivity index (χ4n) is 1.06. The van der Waals surface area contributed by atoms with Crippen molar-refractivity contribution in [1.82, 2.24) is 4.98 Å². The molecule has 1 unspecified atom stereocenters. The van der Waals surface area contributed by atoms with Crippen LogP contribution >= 0.6 is 0 Å². The SMILES string of the molecule is COC(C)CNc1cnccc1CO. The van der Waals surface area contributed by atoms with Gasteiger partial charge < -0.3 is 15.2 Å². The van der Waals surface area contributed by atoms with Crippen molar-refractivity contribution in [3.05, 3.63) is 24.0 Å². The van der Waals surface area contributed by atoms with Crippen LogP contribution < -0.4 is 5.32 Å². The number of methoxy groups -OCH3 is 1. The van der Waals surface area contributed by atoms with Crippen molar-refractivity contribution in [1.29, 1.82) is 0 Å². The summed E-state index contributed by atoms with van der Waals surface area (Å²) < 4.78 is 5.10. The highest BCUT2D eigenvalue weighted by atomic mass is 16.5. The Morgan fingerprint density at radius 3 is 3.07 bits per heavy atom. The number of anilines is 1. The van der Waals surface area contributed by atoms with Gasteiger partial charge in [0.25, 0.3) is 0 Å². The predicted molar refractivity (Wildman–Crippen MR) is 55.1 cm³/mol. The van der Waals surface area contributed by atoms with Gasteiger partial charge in [0.05, 0.1) is 24.6 Å². The molecule has 4 heteroatoms. The standard InChI is InChI=1S/C10H16N2O2/c1-8(14-2)5-12-10-6-11-4-3-9(10)7-13/h3-4,6,8,12-13H,5,7H2,1-2H3. The maximum atomic E-state index is 9.04. The molecule has 78 valence electrons. The highest BCUT2D eigenvalue weighted by molar-refractivity contribution is 5.48. The van der Waals surface area contributed by atoms with Gasteiger partial charge in [-0.3, -0.25) is 4.98 Å². The molecular formula is C10H16N2O2. The zero-order chi connectivity index (χ0) is 10.4. The number of nitrogens with zero attached hydrogens (tertiary/aromatic N) is 1. The van der Waals surface area contributed by atoms with Crippen molar-refractivity contribution in [2.24, 2.45) is 0 Å². The number of aliphatic hydroxyl groups excluding tert-OH is 1. The average molecular weight is 196 g/mol. The number of ether oxygens (including phenoxy) is 1. The van der Waals surface area contributed by atoms with Gasteiger partial charge in [-0.25, -0.2) is 0 Å². The van der Waals surface area contributed by atoms with E-state index in [-0.39, 0.29) is 12.7 Å². The van der Waals surface area contributed by atoms with E-state index in [1.807, 2.05) is 6.92 Å². The zero-order valence-corrected chi connectivity index (χ0v) is 8.53. The summed E-state index contributed by atoms with van der Waals surface area (Å²) in [7, 11) is 1.67. The highest BCUT2D eigenvalue weighted by Gasteiger charge is 2.02. The molecule has 4 nitrogen and oxygen atoms in total. The van der Waals surface area contributed by atoms with E-state index in [0.29, 0.717) is 6.54 Å². The van der Waals surface area contributed by atoms with E-state index in [0.717, 1.165) is 11.3 Å². The summed E-state index contributed by atoms with van der Waals surface area (Å²) in [5, 5.41) is 12.2. The van der Waals surface area contributed by atoms with Crippen LogP contribution in [-0.4, -0.2) is 29.8 Å². The van der Waals surface area contributed by atoms with Crippen molar-refractivity contribution in [2.45, 2.75) is 19.6 Å². The van der Waals surface area contributed by atoms with Gasteiger partial charge >= 0.3 is 0 Å². The minimum absolute atomic E-state index is 0.0201. The Morgan fingerprint density at radius 2 is 2.43 bits per heavy atom. The fourth-order valence-corrected chi connectivity index (χ4v) is 1.06. The molecule has 1 rings (SSSR count). The van der Waals surface area contributed by atoms with E-state index >= 15 is 0 Å². The lowest BCUT2D eigenvalue weighted by molar-refractivity contribution is 0.128. The van der Waals surface area contributed by atoms with Crippen LogP contribution in [0.3, 0.4) is 0 Å². The van der Waals surface area contributed by atoms with Gasteiger partial charge in [0.2, 0.25) is 0 Å². The molecule has 14 heavy (non-hydrogen) atoms. The second-order valence-corrected chi connectivity index (χ2v) is 3.12. The number of aliphatic hydroxyl groups is 1. The molecule has 0 aromatic carbocycles. The Bertz CT molecular complexity index is 279. The lowest BCUT2D eigenvalue weighted by Crippen LogP contribution is -2.18. The summed E-state index contributed by atoms with van der Waals surface area (Å²) in [6.45, 7) is 2.70. The smallest absolute Gasteiger partial charge is 0.0715 e. The highest BCUT2D eigenvalue weighted by Crippen LogP contribution is 2.12. The Morgan fingerprint density at radius 1 is 1.64 bits per heavy atom. The third kappa shape index (κ3) is 2.97. The molecule has 0 bridgehead atoms. The van der Waals surface area contributed by atoms with E-state index < -0.39 is 0 Å². The molecule has 0 aliphatic rings. The second kappa shape index (κ2) is 5.57. The first-order valence-corrected chi connectivity index (χ1v) is 4.58. The van der Waals surface area contributed by atoms with Crippen molar-refractivity contribution in [3.63, 3.8) is 0 Å². The number of hydrogen-bond donors (Lipinski definition) is 2. The molecule has 0 fully saturated rings. The lowest BCUT2D eigenvalue weighted by atomic mass is 10.2. The van der Waals surface area contributed by atoms with Crippen LogP contribution in [0.15, 0.2) is 18.5 Å². The Balaban J connectivity index is 2.57. The molecule has 0 spiro atoms. The van der Waals surface area contributed by atoms with Crippen LogP contribution in [0.25, 0.3) is 0 Å². The Labute approximate surface area is 83.9 Å². The molecule has 1 aromatic heterocycles. The number of aromatic nitrogens is 1. The monoisotopic (exact) mass is 196 g/mol. The number of rotatable bonds is 5. The van der Waals surface area contributed by atoms with E-state index in [1.54, 1.807) is 25.6 Å². The van der Waals surface area contributed by atoms with Crippen LogP contribution in [0.5, 0.6) is 0 Å². The largest absolute Gasteiger partial charge is 0.392 e. The normalized spacial score (nSPS) is 12.5.